The first-order chi connectivity index (χ1) is 16.7. The Morgan fingerprint density at radius 3 is 2.29 bits per heavy atom. The van der Waals surface area contributed by atoms with E-state index in [-0.39, 0.29) is 30.7 Å². The third-order valence-electron chi connectivity index (χ3n) is 6.41. The van der Waals surface area contributed by atoms with E-state index in [9.17, 15) is 14.4 Å². The number of likely N-dealkylation sites (tertiary alicyclic amines) is 1. The molecule has 186 valence electrons. The Hall–Kier alpha value is -3.19. The molecule has 1 saturated heterocycles. The van der Waals surface area contributed by atoms with E-state index in [1.165, 1.54) is 11.1 Å². The maximum atomic E-state index is 12.7. The van der Waals surface area contributed by atoms with E-state index in [4.69, 9.17) is 9.47 Å². The van der Waals surface area contributed by atoms with Gasteiger partial charge < -0.3 is 14.8 Å². The van der Waals surface area contributed by atoms with Crippen LogP contribution in [0.3, 0.4) is 0 Å². The number of amides is 1. The summed E-state index contributed by atoms with van der Waals surface area (Å²) in [5.41, 5.74) is 4.14. The van der Waals surface area contributed by atoms with Crippen LogP contribution in [0.15, 0.2) is 48.5 Å². The molecule has 1 aliphatic heterocycles. The van der Waals surface area contributed by atoms with Crippen molar-refractivity contribution in [1.29, 1.82) is 0 Å². The van der Waals surface area contributed by atoms with Crippen molar-refractivity contribution in [2.45, 2.75) is 64.1 Å². The standard InChI is InChI=1S/C28H34N2O5/c1-28(2,3)35-26(32)13-8-15-30-16-14-19(31)17-25(30)29-27(33)34-18-24-22-11-6-4-9-20(22)21-10-5-7-12-23(21)24/h4-7,9-12,24-25H,8,13-18H2,1-3H3,(H,29,33)/t25-/m0/s1. The zero-order valence-electron chi connectivity index (χ0n) is 20.7. The molecule has 7 heteroatoms. The Bertz CT molecular complexity index is 1050. The molecule has 1 N–H and O–H groups in total. The second-order valence-corrected chi connectivity index (χ2v) is 10.2. The summed E-state index contributed by atoms with van der Waals surface area (Å²) in [5.74, 6) is -0.157. The molecule has 1 aliphatic carbocycles. The molecule has 2 aliphatic rings. The summed E-state index contributed by atoms with van der Waals surface area (Å²) in [6.45, 7) is 6.88. The van der Waals surface area contributed by atoms with Crippen molar-refractivity contribution in [1.82, 2.24) is 10.2 Å². The van der Waals surface area contributed by atoms with E-state index in [0.29, 0.717) is 32.4 Å². The van der Waals surface area contributed by atoms with Gasteiger partial charge in [0.05, 0.1) is 6.17 Å². The largest absolute Gasteiger partial charge is 0.460 e. The van der Waals surface area contributed by atoms with Gasteiger partial charge in [-0.05, 0) is 49.4 Å². The third kappa shape index (κ3) is 6.28. The Kier molecular flexibility index (Phi) is 7.55. The van der Waals surface area contributed by atoms with Crippen LogP contribution < -0.4 is 5.32 Å². The Morgan fingerprint density at radius 2 is 1.66 bits per heavy atom. The van der Waals surface area contributed by atoms with Gasteiger partial charge in [0.2, 0.25) is 0 Å². The van der Waals surface area contributed by atoms with E-state index in [1.54, 1.807) is 0 Å². The molecule has 0 bridgehead atoms. The molecule has 1 fully saturated rings. The number of carbonyl (C=O) groups excluding carboxylic acids is 3. The fourth-order valence-corrected chi connectivity index (χ4v) is 4.88. The molecule has 0 saturated carbocycles. The highest BCUT2D eigenvalue weighted by atomic mass is 16.6. The van der Waals surface area contributed by atoms with Gasteiger partial charge >= 0.3 is 12.1 Å². The number of fused-ring (bicyclic) bond motifs is 3. The highest BCUT2D eigenvalue weighted by Crippen LogP contribution is 2.44. The third-order valence-corrected chi connectivity index (χ3v) is 6.41. The first-order valence-electron chi connectivity index (χ1n) is 12.3. The van der Waals surface area contributed by atoms with Gasteiger partial charge in [-0.25, -0.2) is 4.79 Å². The van der Waals surface area contributed by atoms with Crippen LogP contribution in [0.2, 0.25) is 0 Å². The smallest absolute Gasteiger partial charge is 0.408 e. The molecule has 0 aromatic heterocycles. The quantitative estimate of drug-likeness (QED) is 0.584. The van der Waals surface area contributed by atoms with Gasteiger partial charge in [-0.1, -0.05) is 48.5 Å². The number of carbonyl (C=O) groups is 3. The number of nitrogens with zero attached hydrogens (tertiary/aromatic N) is 1. The monoisotopic (exact) mass is 478 g/mol. The van der Waals surface area contributed by atoms with E-state index >= 15 is 0 Å². The van der Waals surface area contributed by atoms with Gasteiger partial charge in [0.25, 0.3) is 0 Å². The minimum absolute atomic E-state index is 0.0222. The van der Waals surface area contributed by atoms with Crippen LogP contribution in [0.5, 0.6) is 0 Å². The maximum Gasteiger partial charge on any atom is 0.408 e. The molecule has 7 nitrogen and oxygen atoms in total. The number of rotatable bonds is 7. The molecule has 1 heterocycles. The minimum atomic E-state index is -0.538. The highest BCUT2D eigenvalue weighted by molar-refractivity contribution is 5.81. The second kappa shape index (κ2) is 10.6. The fourth-order valence-electron chi connectivity index (χ4n) is 4.88. The predicted molar refractivity (Wildman–Crippen MR) is 133 cm³/mol. The number of alkyl carbamates (subject to hydrolysis) is 1. The van der Waals surface area contributed by atoms with E-state index in [0.717, 1.165) is 11.1 Å². The fraction of sp³-hybridized carbons (Fsp3) is 0.464. The highest BCUT2D eigenvalue weighted by Gasteiger charge is 2.31. The molecule has 2 aromatic rings. The number of ether oxygens (including phenoxy) is 2. The lowest BCUT2D eigenvalue weighted by Gasteiger charge is -2.35. The summed E-state index contributed by atoms with van der Waals surface area (Å²) in [6.07, 6.45) is 0.575. The first kappa shape index (κ1) is 24.9. The van der Waals surface area contributed by atoms with Gasteiger partial charge in [-0.3, -0.25) is 14.5 Å². The number of esters is 1. The van der Waals surface area contributed by atoms with E-state index < -0.39 is 17.9 Å². The molecule has 2 aromatic carbocycles. The molecule has 0 spiro atoms. The normalized spacial score (nSPS) is 18.0. The topological polar surface area (TPSA) is 84.9 Å². The number of ketones is 1. The van der Waals surface area contributed by atoms with Crippen molar-refractivity contribution in [3.8, 4) is 11.1 Å². The summed E-state index contributed by atoms with van der Waals surface area (Å²) in [5, 5.41) is 2.88. The molecule has 1 atom stereocenters. The molecule has 35 heavy (non-hydrogen) atoms. The molecule has 0 unspecified atom stereocenters. The summed E-state index contributed by atoms with van der Waals surface area (Å²) in [4.78, 5) is 38.9. The average Bonchev–Trinajstić information content (AvgIpc) is 3.12. The molecular formula is C28H34N2O5. The maximum absolute atomic E-state index is 12.7. The predicted octanol–water partition coefficient (Wildman–Crippen LogP) is 4.64. The van der Waals surface area contributed by atoms with E-state index in [1.807, 2.05) is 49.9 Å². The van der Waals surface area contributed by atoms with E-state index in [2.05, 4.69) is 29.6 Å². The lowest BCUT2D eigenvalue weighted by atomic mass is 9.98. The van der Waals surface area contributed by atoms with Crippen LogP contribution >= 0.6 is 0 Å². The number of hydrogen-bond donors (Lipinski definition) is 1. The van der Waals surface area contributed by atoms with Crippen LogP contribution in [-0.2, 0) is 19.1 Å². The van der Waals surface area contributed by atoms with Crippen LogP contribution in [-0.4, -0.2) is 54.2 Å². The number of Topliss-reactive ketones (excluding diaryl/α,β-unsaturated/α-hetero) is 1. The van der Waals surface area contributed by atoms with Crippen molar-refractivity contribution in [3.05, 3.63) is 59.7 Å². The van der Waals surface area contributed by atoms with Gasteiger partial charge in [-0.15, -0.1) is 0 Å². The van der Waals surface area contributed by atoms with Gasteiger partial charge in [0.15, 0.2) is 0 Å². The van der Waals surface area contributed by atoms with Crippen LogP contribution in [0.1, 0.15) is 63.5 Å². The lowest BCUT2D eigenvalue weighted by Crippen LogP contribution is -2.53. The van der Waals surface area contributed by atoms with Crippen LogP contribution in [0.25, 0.3) is 11.1 Å². The zero-order chi connectivity index (χ0) is 25.0. The number of piperidine rings is 1. The Morgan fingerprint density at radius 1 is 1.03 bits per heavy atom. The first-order valence-corrected chi connectivity index (χ1v) is 12.3. The average molecular weight is 479 g/mol. The summed E-state index contributed by atoms with van der Waals surface area (Å²) < 4.78 is 11.0. The summed E-state index contributed by atoms with van der Waals surface area (Å²) in [7, 11) is 0. The van der Waals surface area contributed by atoms with Crippen molar-refractivity contribution >= 4 is 17.8 Å². The van der Waals surface area contributed by atoms with Gasteiger partial charge in [0.1, 0.15) is 18.0 Å². The van der Waals surface area contributed by atoms with Crippen molar-refractivity contribution in [3.63, 3.8) is 0 Å². The van der Waals surface area contributed by atoms with Crippen molar-refractivity contribution in [2.75, 3.05) is 19.7 Å². The summed E-state index contributed by atoms with van der Waals surface area (Å²) >= 11 is 0. The van der Waals surface area contributed by atoms with Crippen LogP contribution in [0.4, 0.5) is 4.79 Å². The van der Waals surface area contributed by atoms with Gasteiger partial charge in [0, 0.05) is 38.3 Å². The molecule has 1 amide bonds. The Balaban J connectivity index is 1.32. The number of benzene rings is 2. The van der Waals surface area contributed by atoms with Crippen LogP contribution in [0, 0.1) is 0 Å². The molecule has 0 radical (unpaired) electrons. The molecular weight excluding hydrogens is 444 g/mol. The van der Waals surface area contributed by atoms with Crippen molar-refractivity contribution < 1.29 is 23.9 Å². The number of hydrogen-bond acceptors (Lipinski definition) is 6. The molecule has 4 rings (SSSR count). The number of nitrogens with one attached hydrogen (secondary N) is 1. The van der Waals surface area contributed by atoms with Gasteiger partial charge in [-0.2, -0.15) is 0 Å². The summed E-state index contributed by atoms with van der Waals surface area (Å²) in [6, 6.07) is 16.4. The lowest BCUT2D eigenvalue weighted by molar-refractivity contribution is -0.155. The second-order valence-electron chi connectivity index (χ2n) is 10.2. The SMILES string of the molecule is CC(C)(C)OC(=O)CCCN1CCC(=O)C[C@H]1NC(=O)OCC1c2ccccc2-c2ccccc21. The Labute approximate surface area is 206 Å². The zero-order valence-corrected chi connectivity index (χ0v) is 20.7. The minimum Gasteiger partial charge on any atom is -0.460 e. The van der Waals surface area contributed by atoms with Crippen molar-refractivity contribution in [2.24, 2.45) is 0 Å².